The highest BCUT2D eigenvalue weighted by Crippen LogP contribution is 2.26. The van der Waals surface area contributed by atoms with Crippen LogP contribution in [0.1, 0.15) is 44.6 Å². The van der Waals surface area contributed by atoms with Crippen LogP contribution in [0.3, 0.4) is 0 Å². The maximum atomic E-state index is 13.5. The highest BCUT2D eigenvalue weighted by molar-refractivity contribution is 6.38. The topological polar surface area (TPSA) is 162 Å². The molecule has 0 aliphatic carbocycles. The van der Waals surface area contributed by atoms with Gasteiger partial charge >= 0.3 is 6.03 Å². The van der Waals surface area contributed by atoms with Gasteiger partial charge in [-0.3, -0.25) is 19.2 Å². The van der Waals surface area contributed by atoms with Crippen LogP contribution in [0.25, 0.3) is 10.9 Å². The van der Waals surface area contributed by atoms with E-state index in [-0.39, 0.29) is 36.7 Å². The summed E-state index contributed by atoms with van der Waals surface area (Å²) in [5, 5.41) is 11.3. The number of Topliss-reactive ketones (excluding diaryl/α,β-unsaturated/α-hetero) is 1. The molecular weight excluding hydrogens is 504 g/mol. The van der Waals surface area contributed by atoms with Gasteiger partial charge in [0, 0.05) is 30.5 Å². The van der Waals surface area contributed by atoms with Crippen molar-refractivity contribution in [1.82, 2.24) is 31.2 Å². The van der Waals surface area contributed by atoms with E-state index in [0.717, 1.165) is 5.39 Å². The van der Waals surface area contributed by atoms with E-state index in [1.54, 1.807) is 25.1 Å². The van der Waals surface area contributed by atoms with E-state index in [9.17, 15) is 24.0 Å². The lowest BCUT2D eigenvalue weighted by Gasteiger charge is -2.27. The van der Waals surface area contributed by atoms with Crippen molar-refractivity contribution in [1.29, 1.82) is 0 Å². The molecule has 1 aliphatic rings. The van der Waals surface area contributed by atoms with E-state index in [1.807, 2.05) is 26.8 Å². The Labute approximate surface area is 227 Å². The summed E-state index contributed by atoms with van der Waals surface area (Å²) in [7, 11) is 1.54. The maximum Gasteiger partial charge on any atom is 0.317 e. The molecule has 212 valence electrons. The molecule has 3 rings (SSSR count). The molecule has 2 aromatic rings. The number of carbonyl (C=O) groups excluding carboxylic acids is 5. The second-order valence-electron chi connectivity index (χ2n) is 10.1. The zero-order chi connectivity index (χ0) is 28.7. The lowest BCUT2D eigenvalue weighted by atomic mass is 9.97. The first-order valence-electron chi connectivity index (χ1n) is 13.2. The summed E-state index contributed by atoms with van der Waals surface area (Å²) in [5.74, 6) is -2.42. The molecular formula is C27H38N6O6. The van der Waals surface area contributed by atoms with E-state index in [1.165, 1.54) is 12.0 Å². The number of ketones is 1. The van der Waals surface area contributed by atoms with Crippen molar-refractivity contribution in [3.8, 4) is 5.75 Å². The number of urea groups is 1. The molecule has 0 spiro atoms. The Kier molecular flexibility index (Phi) is 9.91. The van der Waals surface area contributed by atoms with Gasteiger partial charge in [0.15, 0.2) is 0 Å². The Morgan fingerprint density at radius 1 is 1.13 bits per heavy atom. The van der Waals surface area contributed by atoms with Gasteiger partial charge in [-0.25, -0.2) is 4.79 Å². The number of ether oxygens (including phenoxy) is 1. The molecule has 1 aromatic heterocycles. The zero-order valence-electron chi connectivity index (χ0n) is 23.1. The van der Waals surface area contributed by atoms with Crippen molar-refractivity contribution >= 4 is 40.4 Å². The molecule has 1 fully saturated rings. The number of nitrogens with zero attached hydrogens (tertiary/aromatic N) is 1. The van der Waals surface area contributed by atoms with Gasteiger partial charge in [0.05, 0.1) is 13.7 Å². The molecule has 3 atom stereocenters. The summed E-state index contributed by atoms with van der Waals surface area (Å²) in [4.78, 5) is 68.8. The molecule has 0 saturated carbocycles. The fraction of sp³-hybridized carbons (Fsp3) is 0.519. The average Bonchev–Trinajstić information content (AvgIpc) is 3.54. The van der Waals surface area contributed by atoms with E-state index in [0.29, 0.717) is 30.8 Å². The van der Waals surface area contributed by atoms with Crippen molar-refractivity contribution in [2.75, 3.05) is 33.3 Å². The number of rotatable bonds is 13. The number of benzene rings is 1. The maximum absolute atomic E-state index is 13.5. The van der Waals surface area contributed by atoms with Crippen molar-refractivity contribution < 1.29 is 28.7 Å². The largest absolute Gasteiger partial charge is 0.496 e. The number of nitrogens with one attached hydrogen (secondary N) is 5. The van der Waals surface area contributed by atoms with Gasteiger partial charge in [0.25, 0.3) is 11.8 Å². The van der Waals surface area contributed by atoms with Gasteiger partial charge in [-0.15, -0.1) is 0 Å². The summed E-state index contributed by atoms with van der Waals surface area (Å²) >= 11 is 0. The van der Waals surface area contributed by atoms with Gasteiger partial charge in [-0.1, -0.05) is 40.2 Å². The Hall–Kier alpha value is -4.09. The Morgan fingerprint density at radius 3 is 2.49 bits per heavy atom. The van der Waals surface area contributed by atoms with Crippen molar-refractivity contribution in [2.24, 2.45) is 11.8 Å². The number of aromatic nitrogens is 1. The van der Waals surface area contributed by atoms with Crippen LogP contribution in [0, 0.1) is 11.8 Å². The van der Waals surface area contributed by atoms with Crippen LogP contribution < -0.4 is 26.0 Å². The molecule has 1 aromatic carbocycles. The number of H-pyrrole nitrogens is 1. The average molecular weight is 543 g/mol. The van der Waals surface area contributed by atoms with Crippen LogP contribution in [-0.4, -0.2) is 84.8 Å². The number of carbonyl (C=O) groups is 5. The van der Waals surface area contributed by atoms with Crippen LogP contribution in [0.15, 0.2) is 24.3 Å². The minimum atomic E-state index is -1.28. The molecule has 1 aliphatic heterocycles. The Morgan fingerprint density at radius 2 is 1.87 bits per heavy atom. The molecule has 0 bridgehead atoms. The van der Waals surface area contributed by atoms with Crippen LogP contribution in [0.5, 0.6) is 5.75 Å². The van der Waals surface area contributed by atoms with Crippen molar-refractivity contribution in [3.05, 3.63) is 30.0 Å². The Bertz CT molecular complexity index is 1220. The zero-order valence-corrected chi connectivity index (χ0v) is 23.1. The number of hydrogen-bond acceptors (Lipinski definition) is 6. The van der Waals surface area contributed by atoms with Gasteiger partial charge in [0.2, 0.25) is 11.7 Å². The first kappa shape index (κ1) is 29.5. The molecule has 5 N–H and O–H groups in total. The smallest absolute Gasteiger partial charge is 0.317 e. The predicted molar refractivity (Wildman–Crippen MR) is 145 cm³/mol. The predicted octanol–water partition coefficient (Wildman–Crippen LogP) is 1.17. The summed E-state index contributed by atoms with van der Waals surface area (Å²) in [6, 6.07) is 4.36. The first-order valence-corrected chi connectivity index (χ1v) is 13.2. The minimum absolute atomic E-state index is 0.119. The summed E-state index contributed by atoms with van der Waals surface area (Å²) in [5.41, 5.74) is 0.941. The quantitative estimate of drug-likeness (QED) is 0.239. The number of hydrogen-bond donors (Lipinski definition) is 5. The summed E-state index contributed by atoms with van der Waals surface area (Å²) in [6.07, 6.45) is 0.556. The van der Waals surface area contributed by atoms with E-state index in [4.69, 9.17) is 4.74 Å². The Balaban J connectivity index is 1.80. The third-order valence-corrected chi connectivity index (χ3v) is 6.75. The standard InChI is InChI=1S/C27H38N6O6/c1-6-16(4)22(32-24(35)19-12-17-18(30-19)8-7-9-21(17)39-5)25(36)31-20(14-33-11-10-28-27(33)38)23(34)26(37)29-13-15(2)3/h7-9,12,15-16,20,22,30H,6,10-11,13-14H2,1-5H3,(H,28,38)(H,29,37)(H,31,36)(H,32,35). The van der Waals surface area contributed by atoms with Crippen molar-refractivity contribution in [3.63, 3.8) is 0 Å². The second-order valence-corrected chi connectivity index (χ2v) is 10.1. The SMILES string of the molecule is CCC(C)C(NC(=O)c1cc2c(OC)cccc2[nH]1)C(=O)NC(CN1CCNC1=O)C(=O)C(=O)NCC(C)C. The number of aromatic amines is 1. The summed E-state index contributed by atoms with van der Waals surface area (Å²) in [6.45, 7) is 8.31. The van der Waals surface area contributed by atoms with Gasteiger partial charge in [-0.2, -0.15) is 0 Å². The van der Waals surface area contributed by atoms with Gasteiger partial charge in [-0.05, 0) is 30.0 Å². The van der Waals surface area contributed by atoms with Gasteiger partial charge in [0.1, 0.15) is 23.5 Å². The fourth-order valence-electron chi connectivity index (χ4n) is 4.25. The minimum Gasteiger partial charge on any atom is -0.496 e. The van der Waals surface area contributed by atoms with E-state index < -0.39 is 35.6 Å². The van der Waals surface area contributed by atoms with Crippen LogP contribution in [0.2, 0.25) is 0 Å². The second kappa shape index (κ2) is 13.1. The molecule has 12 heteroatoms. The lowest BCUT2D eigenvalue weighted by Crippen LogP contribution is -2.58. The molecule has 39 heavy (non-hydrogen) atoms. The molecule has 2 heterocycles. The third-order valence-electron chi connectivity index (χ3n) is 6.75. The molecule has 5 amide bonds. The van der Waals surface area contributed by atoms with Crippen LogP contribution in [0.4, 0.5) is 4.79 Å². The summed E-state index contributed by atoms with van der Waals surface area (Å²) < 4.78 is 5.36. The number of methoxy groups -OCH3 is 1. The third kappa shape index (κ3) is 7.27. The normalized spacial score (nSPS) is 15.4. The highest BCUT2D eigenvalue weighted by Gasteiger charge is 2.35. The number of amides is 5. The molecule has 12 nitrogen and oxygen atoms in total. The molecule has 0 radical (unpaired) electrons. The monoisotopic (exact) mass is 542 g/mol. The number of fused-ring (bicyclic) bond motifs is 1. The van der Waals surface area contributed by atoms with Gasteiger partial charge < -0.3 is 35.9 Å². The molecule has 1 saturated heterocycles. The lowest BCUT2D eigenvalue weighted by molar-refractivity contribution is -0.140. The molecule has 3 unspecified atom stereocenters. The van der Waals surface area contributed by atoms with Crippen LogP contribution >= 0.6 is 0 Å². The highest BCUT2D eigenvalue weighted by atomic mass is 16.5. The van der Waals surface area contributed by atoms with Crippen LogP contribution in [-0.2, 0) is 14.4 Å². The first-order chi connectivity index (χ1) is 18.5. The van der Waals surface area contributed by atoms with E-state index in [2.05, 4.69) is 26.3 Å². The van der Waals surface area contributed by atoms with E-state index >= 15 is 0 Å². The van der Waals surface area contributed by atoms with Crippen molar-refractivity contribution in [2.45, 2.75) is 46.2 Å². The fourth-order valence-corrected chi connectivity index (χ4v) is 4.25.